The summed E-state index contributed by atoms with van der Waals surface area (Å²) in [4.78, 5) is 35.0. The number of hydrogen-bond donors (Lipinski definition) is 0. The van der Waals surface area contributed by atoms with Crippen LogP contribution in [0.5, 0.6) is 11.5 Å². The molecule has 0 unspecified atom stereocenters. The van der Waals surface area contributed by atoms with Crippen LogP contribution in [0.15, 0.2) is 70.6 Å². The fourth-order valence-electron chi connectivity index (χ4n) is 5.07. The lowest BCUT2D eigenvalue weighted by atomic mass is 10.1. The van der Waals surface area contributed by atoms with Crippen LogP contribution in [0.2, 0.25) is 0 Å². The van der Waals surface area contributed by atoms with Crippen LogP contribution in [-0.4, -0.2) is 58.2 Å². The van der Waals surface area contributed by atoms with Crippen molar-refractivity contribution in [2.45, 2.75) is 24.4 Å². The van der Waals surface area contributed by atoms with Crippen molar-refractivity contribution in [3.63, 3.8) is 0 Å². The standard InChI is InChI=1S/C30H30N4O4S/c1-20-4-3-5-24-27(20)29(36)32(2)30(31-24)39-18-21-6-9-23(10-7-21)28(35)34-14-12-33(13-15-34)17-22-8-11-25-26(16-22)38-19-37-25/h3-11,16H,12-15,17-19H2,1-2H3. The van der Waals surface area contributed by atoms with E-state index in [4.69, 9.17) is 14.5 Å². The van der Waals surface area contributed by atoms with Crippen LogP contribution < -0.4 is 15.0 Å². The molecule has 0 bridgehead atoms. The molecule has 3 aromatic carbocycles. The Morgan fingerprint density at radius 2 is 1.69 bits per heavy atom. The first-order chi connectivity index (χ1) is 19.0. The van der Waals surface area contributed by atoms with Gasteiger partial charge in [-0.2, -0.15) is 0 Å². The molecule has 6 rings (SSSR count). The fraction of sp³-hybridized carbons (Fsp3) is 0.300. The summed E-state index contributed by atoms with van der Waals surface area (Å²) in [5.74, 6) is 2.32. The van der Waals surface area contributed by atoms with Crippen molar-refractivity contribution in [2.75, 3.05) is 33.0 Å². The summed E-state index contributed by atoms with van der Waals surface area (Å²) in [6, 6.07) is 19.6. The highest BCUT2D eigenvalue weighted by molar-refractivity contribution is 7.98. The van der Waals surface area contributed by atoms with Crippen molar-refractivity contribution in [1.29, 1.82) is 0 Å². The lowest BCUT2D eigenvalue weighted by Gasteiger charge is -2.34. The Kier molecular flexibility index (Phi) is 7.01. The number of rotatable bonds is 6. The van der Waals surface area contributed by atoms with Gasteiger partial charge in [-0.1, -0.05) is 42.1 Å². The van der Waals surface area contributed by atoms with Gasteiger partial charge in [0.2, 0.25) is 6.79 Å². The van der Waals surface area contributed by atoms with Crippen LogP contribution >= 0.6 is 11.8 Å². The molecule has 0 N–H and O–H groups in total. The molecule has 3 heterocycles. The van der Waals surface area contributed by atoms with Gasteiger partial charge in [-0.3, -0.25) is 19.1 Å². The molecule has 4 aromatic rings. The molecule has 9 heteroatoms. The molecule has 1 aromatic heterocycles. The SMILES string of the molecule is Cc1cccc2nc(SCc3ccc(C(=O)N4CCN(Cc5ccc6c(c5)OCO6)CC4)cc3)n(C)c(=O)c12. The number of aromatic nitrogens is 2. The predicted molar refractivity (Wildman–Crippen MR) is 151 cm³/mol. The average molecular weight is 543 g/mol. The number of aryl methyl sites for hydroxylation is 1. The van der Waals surface area contributed by atoms with Crippen molar-refractivity contribution in [3.05, 3.63) is 93.3 Å². The highest BCUT2D eigenvalue weighted by Gasteiger charge is 2.23. The van der Waals surface area contributed by atoms with E-state index in [1.54, 1.807) is 11.6 Å². The van der Waals surface area contributed by atoms with Crippen molar-refractivity contribution in [2.24, 2.45) is 7.05 Å². The monoisotopic (exact) mass is 542 g/mol. The zero-order valence-electron chi connectivity index (χ0n) is 22.1. The molecule has 8 nitrogen and oxygen atoms in total. The Balaban J connectivity index is 1.04. The maximum atomic E-state index is 13.1. The summed E-state index contributed by atoms with van der Waals surface area (Å²) in [7, 11) is 1.76. The van der Waals surface area contributed by atoms with Crippen molar-refractivity contribution in [1.82, 2.24) is 19.4 Å². The van der Waals surface area contributed by atoms with E-state index >= 15 is 0 Å². The smallest absolute Gasteiger partial charge is 0.262 e. The van der Waals surface area contributed by atoms with Crippen LogP contribution in [-0.2, 0) is 19.3 Å². The van der Waals surface area contributed by atoms with E-state index in [9.17, 15) is 9.59 Å². The first kappa shape index (κ1) is 25.5. The molecule has 1 fully saturated rings. The predicted octanol–water partition coefficient (Wildman–Crippen LogP) is 4.22. The molecule has 0 aliphatic carbocycles. The minimum absolute atomic E-state index is 0.0301. The van der Waals surface area contributed by atoms with Crippen LogP contribution in [0.4, 0.5) is 0 Å². The van der Waals surface area contributed by atoms with E-state index in [0.29, 0.717) is 34.9 Å². The summed E-state index contributed by atoms with van der Waals surface area (Å²) in [6.07, 6.45) is 0. The second-order valence-electron chi connectivity index (χ2n) is 9.97. The van der Waals surface area contributed by atoms with Gasteiger partial charge < -0.3 is 14.4 Å². The van der Waals surface area contributed by atoms with Crippen LogP contribution in [0.1, 0.15) is 27.0 Å². The Hall–Kier alpha value is -3.82. The maximum Gasteiger partial charge on any atom is 0.262 e. The lowest BCUT2D eigenvalue weighted by molar-refractivity contribution is 0.0628. The van der Waals surface area contributed by atoms with Crippen molar-refractivity contribution >= 4 is 28.6 Å². The Labute approximate surface area is 231 Å². The van der Waals surface area contributed by atoms with E-state index < -0.39 is 0 Å². The number of carbonyl (C=O) groups is 1. The number of nitrogens with zero attached hydrogens (tertiary/aromatic N) is 4. The highest BCUT2D eigenvalue weighted by Crippen LogP contribution is 2.33. The first-order valence-electron chi connectivity index (χ1n) is 13.0. The first-order valence-corrected chi connectivity index (χ1v) is 14.0. The van der Waals surface area contributed by atoms with E-state index in [0.717, 1.165) is 47.8 Å². The number of carbonyl (C=O) groups excluding carboxylic acids is 1. The quantitative estimate of drug-likeness (QED) is 0.267. The van der Waals surface area contributed by atoms with Gasteiger partial charge in [0, 0.05) is 51.1 Å². The number of thioether (sulfide) groups is 1. The van der Waals surface area contributed by atoms with Gasteiger partial charge in [0.15, 0.2) is 16.7 Å². The maximum absolute atomic E-state index is 13.1. The molecule has 39 heavy (non-hydrogen) atoms. The summed E-state index contributed by atoms with van der Waals surface area (Å²) in [5.41, 5.74) is 4.57. The number of fused-ring (bicyclic) bond motifs is 2. The van der Waals surface area contributed by atoms with Gasteiger partial charge in [-0.25, -0.2) is 4.98 Å². The second kappa shape index (κ2) is 10.7. The Morgan fingerprint density at radius 1 is 0.949 bits per heavy atom. The molecular weight excluding hydrogens is 512 g/mol. The average Bonchev–Trinajstić information content (AvgIpc) is 3.42. The molecule has 0 spiro atoms. The molecule has 0 atom stereocenters. The van der Waals surface area contributed by atoms with E-state index in [1.165, 1.54) is 17.3 Å². The van der Waals surface area contributed by atoms with Gasteiger partial charge in [-0.15, -0.1) is 0 Å². The highest BCUT2D eigenvalue weighted by atomic mass is 32.2. The fourth-order valence-corrected chi connectivity index (χ4v) is 5.99. The zero-order chi connectivity index (χ0) is 26.9. The van der Waals surface area contributed by atoms with Crippen LogP contribution in [0.3, 0.4) is 0 Å². The Bertz CT molecular complexity index is 1590. The Morgan fingerprint density at radius 3 is 2.49 bits per heavy atom. The summed E-state index contributed by atoms with van der Waals surface area (Å²) >= 11 is 1.52. The summed E-state index contributed by atoms with van der Waals surface area (Å²) in [5, 5.41) is 1.35. The molecule has 200 valence electrons. The van der Waals surface area contributed by atoms with Gasteiger partial charge in [0.05, 0.1) is 10.9 Å². The molecular formula is C30H30N4O4S. The largest absolute Gasteiger partial charge is 0.454 e. The van der Waals surface area contributed by atoms with Crippen LogP contribution in [0.25, 0.3) is 10.9 Å². The zero-order valence-corrected chi connectivity index (χ0v) is 22.9. The minimum Gasteiger partial charge on any atom is -0.454 e. The molecule has 1 amide bonds. The third kappa shape index (κ3) is 5.24. The number of amides is 1. The topological polar surface area (TPSA) is 76.9 Å². The normalized spacial score (nSPS) is 15.2. The number of hydrogen-bond acceptors (Lipinski definition) is 7. The number of benzene rings is 3. The third-order valence-corrected chi connectivity index (χ3v) is 8.44. The molecule has 0 radical (unpaired) electrons. The summed E-state index contributed by atoms with van der Waals surface area (Å²) < 4.78 is 12.5. The number of ether oxygens (including phenoxy) is 2. The van der Waals surface area contributed by atoms with Gasteiger partial charge in [0.25, 0.3) is 11.5 Å². The third-order valence-electron chi connectivity index (χ3n) is 7.34. The van der Waals surface area contributed by atoms with Gasteiger partial charge in [-0.05, 0) is 53.9 Å². The van der Waals surface area contributed by atoms with E-state index in [1.807, 2.05) is 66.4 Å². The lowest BCUT2D eigenvalue weighted by Crippen LogP contribution is -2.48. The molecule has 0 saturated carbocycles. The van der Waals surface area contributed by atoms with Crippen LogP contribution in [0, 0.1) is 6.92 Å². The minimum atomic E-state index is -0.0301. The number of piperazine rings is 1. The van der Waals surface area contributed by atoms with Crippen molar-refractivity contribution in [3.8, 4) is 11.5 Å². The van der Waals surface area contributed by atoms with Gasteiger partial charge in [0.1, 0.15) is 0 Å². The summed E-state index contributed by atoms with van der Waals surface area (Å²) in [6.45, 7) is 6.08. The van der Waals surface area contributed by atoms with E-state index in [2.05, 4.69) is 11.0 Å². The van der Waals surface area contributed by atoms with Crippen molar-refractivity contribution < 1.29 is 14.3 Å². The van der Waals surface area contributed by atoms with Gasteiger partial charge >= 0.3 is 0 Å². The second-order valence-corrected chi connectivity index (χ2v) is 10.9. The molecule has 2 aliphatic heterocycles. The molecule has 1 saturated heterocycles. The molecule has 2 aliphatic rings. The van der Waals surface area contributed by atoms with E-state index in [-0.39, 0.29) is 18.3 Å².